The molecule has 51 heavy (non-hydrogen) atoms. The van der Waals surface area contributed by atoms with Crippen molar-refractivity contribution in [2.45, 2.75) is 251 Å². The molecule has 0 amide bonds. The fourth-order valence-corrected chi connectivity index (χ4v) is 6.83. The Hall–Kier alpha value is -1.13. The van der Waals surface area contributed by atoms with Gasteiger partial charge in [0.2, 0.25) is 0 Å². The number of hydrogen-bond acceptors (Lipinski definition) is 4. The number of esters is 1. The maximum Gasteiger partial charge on any atom is 0.306 e. The summed E-state index contributed by atoms with van der Waals surface area (Å²) < 4.78 is 11.2. The van der Waals surface area contributed by atoms with Gasteiger partial charge >= 0.3 is 5.97 Å². The second-order valence-corrected chi connectivity index (χ2v) is 15.5. The van der Waals surface area contributed by atoms with Gasteiger partial charge in [0.15, 0.2) is 0 Å². The van der Waals surface area contributed by atoms with Crippen molar-refractivity contribution in [3.63, 3.8) is 0 Å². The van der Waals surface area contributed by atoms with Gasteiger partial charge in [-0.1, -0.05) is 218 Å². The molecule has 0 spiro atoms. The summed E-state index contributed by atoms with van der Waals surface area (Å²) in [4.78, 5) is 12.2. The highest BCUT2D eigenvalue weighted by molar-refractivity contribution is 5.69. The number of aliphatic hydroxyl groups excluding tert-OH is 1. The van der Waals surface area contributed by atoms with Crippen molar-refractivity contribution in [1.29, 1.82) is 0 Å². The standard InChI is InChI=1S/C47H90O4/c1-3-5-7-9-11-13-15-17-19-21-22-23-24-25-26-28-30-32-34-36-38-40-42-47(49)51-46(44-48)45-50-43-41-39-37-35-33-31-29-27-20-18-16-14-12-10-8-6-4-2/h14,16,20,27,46,48H,3-13,15,17-19,21-26,28-45H2,1-2H3/b16-14-,27-20-. The first-order valence-corrected chi connectivity index (χ1v) is 22.9. The van der Waals surface area contributed by atoms with E-state index in [-0.39, 0.29) is 12.6 Å². The van der Waals surface area contributed by atoms with Crippen molar-refractivity contribution < 1.29 is 19.4 Å². The fourth-order valence-electron chi connectivity index (χ4n) is 6.83. The van der Waals surface area contributed by atoms with E-state index in [4.69, 9.17) is 9.47 Å². The number of aliphatic hydroxyl groups is 1. The van der Waals surface area contributed by atoms with Crippen molar-refractivity contribution in [2.75, 3.05) is 19.8 Å². The number of carbonyl (C=O) groups excluding carboxylic acids is 1. The summed E-state index contributed by atoms with van der Waals surface area (Å²) in [6, 6.07) is 0. The first-order valence-electron chi connectivity index (χ1n) is 22.9. The van der Waals surface area contributed by atoms with Crippen molar-refractivity contribution in [1.82, 2.24) is 0 Å². The van der Waals surface area contributed by atoms with Crippen molar-refractivity contribution in [3.8, 4) is 0 Å². The van der Waals surface area contributed by atoms with E-state index in [1.165, 1.54) is 199 Å². The number of carbonyl (C=O) groups is 1. The lowest BCUT2D eigenvalue weighted by Crippen LogP contribution is -2.27. The van der Waals surface area contributed by atoms with E-state index in [0.29, 0.717) is 19.6 Å². The number of allylic oxidation sites excluding steroid dienone is 4. The molecule has 0 radical (unpaired) electrons. The van der Waals surface area contributed by atoms with Gasteiger partial charge in [-0.15, -0.1) is 0 Å². The molecule has 0 saturated carbocycles. The molecule has 302 valence electrons. The SMILES string of the molecule is CCCCCC/C=C\C/C=C\CCCCCCCCOCC(CO)OC(=O)CCCCCCCCCCCCCCCCCCCCCCCC. The van der Waals surface area contributed by atoms with Gasteiger partial charge < -0.3 is 14.6 Å². The third kappa shape index (κ3) is 43.2. The Morgan fingerprint density at radius 3 is 1.24 bits per heavy atom. The van der Waals surface area contributed by atoms with Crippen LogP contribution in [-0.4, -0.2) is 37.0 Å². The Morgan fingerprint density at radius 1 is 0.471 bits per heavy atom. The van der Waals surface area contributed by atoms with E-state index in [9.17, 15) is 9.90 Å². The summed E-state index contributed by atoms with van der Waals surface area (Å²) in [5, 5.41) is 9.61. The summed E-state index contributed by atoms with van der Waals surface area (Å²) in [5.74, 6) is -0.199. The van der Waals surface area contributed by atoms with Crippen LogP contribution in [0.1, 0.15) is 245 Å². The minimum absolute atomic E-state index is 0.172. The molecule has 0 aliphatic heterocycles. The topological polar surface area (TPSA) is 55.8 Å². The Morgan fingerprint density at radius 2 is 0.824 bits per heavy atom. The maximum atomic E-state index is 12.2. The molecule has 0 bridgehead atoms. The van der Waals surface area contributed by atoms with E-state index in [1.54, 1.807) is 0 Å². The van der Waals surface area contributed by atoms with Crippen LogP contribution < -0.4 is 0 Å². The highest BCUT2D eigenvalue weighted by atomic mass is 16.6. The molecular weight excluding hydrogens is 629 g/mol. The van der Waals surface area contributed by atoms with Crippen molar-refractivity contribution >= 4 is 5.97 Å². The number of hydrogen-bond donors (Lipinski definition) is 1. The molecule has 0 aliphatic carbocycles. The van der Waals surface area contributed by atoms with Gasteiger partial charge in [0.25, 0.3) is 0 Å². The van der Waals surface area contributed by atoms with Crippen LogP contribution in [-0.2, 0) is 14.3 Å². The number of unbranched alkanes of at least 4 members (excludes halogenated alkanes) is 31. The Balaban J connectivity index is 3.39. The normalized spacial score (nSPS) is 12.5. The first kappa shape index (κ1) is 49.9. The van der Waals surface area contributed by atoms with Gasteiger partial charge in [-0.2, -0.15) is 0 Å². The second-order valence-electron chi connectivity index (χ2n) is 15.5. The lowest BCUT2D eigenvalue weighted by atomic mass is 10.0. The van der Waals surface area contributed by atoms with Gasteiger partial charge in [0, 0.05) is 13.0 Å². The van der Waals surface area contributed by atoms with Crippen LogP contribution in [0, 0.1) is 0 Å². The Bertz CT molecular complexity index is 717. The quantitative estimate of drug-likeness (QED) is 0.0387. The summed E-state index contributed by atoms with van der Waals surface area (Å²) in [6.45, 7) is 5.35. The molecule has 0 heterocycles. The minimum Gasteiger partial charge on any atom is -0.457 e. The third-order valence-corrected chi connectivity index (χ3v) is 10.3. The van der Waals surface area contributed by atoms with Crippen LogP contribution in [0.2, 0.25) is 0 Å². The van der Waals surface area contributed by atoms with Gasteiger partial charge in [0.05, 0.1) is 13.2 Å². The molecule has 0 saturated heterocycles. The largest absolute Gasteiger partial charge is 0.457 e. The predicted molar refractivity (Wildman–Crippen MR) is 224 cm³/mol. The smallest absolute Gasteiger partial charge is 0.306 e. The van der Waals surface area contributed by atoms with Gasteiger partial charge in [-0.05, 0) is 44.9 Å². The molecule has 1 atom stereocenters. The lowest BCUT2D eigenvalue weighted by molar-refractivity contribution is -0.154. The number of rotatable bonds is 43. The van der Waals surface area contributed by atoms with E-state index in [2.05, 4.69) is 38.2 Å². The minimum atomic E-state index is -0.536. The summed E-state index contributed by atoms with van der Waals surface area (Å²) >= 11 is 0. The third-order valence-electron chi connectivity index (χ3n) is 10.3. The average Bonchev–Trinajstić information content (AvgIpc) is 3.14. The monoisotopic (exact) mass is 719 g/mol. The zero-order chi connectivity index (χ0) is 37.0. The van der Waals surface area contributed by atoms with Crippen LogP contribution in [0.3, 0.4) is 0 Å². The van der Waals surface area contributed by atoms with E-state index < -0.39 is 6.10 Å². The molecule has 0 aromatic heterocycles. The molecule has 4 nitrogen and oxygen atoms in total. The van der Waals surface area contributed by atoms with Crippen LogP contribution >= 0.6 is 0 Å². The second kappa shape index (κ2) is 45.0. The molecule has 0 rings (SSSR count). The molecule has 1 unspecified atom stereocenters. The van der Waals surface area contributed by atoms with Gasteiger partial charge in [-0.3, -0.25) is 4.79 Å². The fraction of sp³-hybridized carbons (Fsp3) is 0.894. The summed E-state index contributed by atoms with van der Waals surface area (Å²) in [7, 11) is 0. The zero-order valence-corrected chi connectivity index (χ0v) is 34.6. The zero-order valence-electron chi connectivity index (χ0n) is 34.6. The van der Waals surface area contributed by atoms with Crippen molar-refractivity contribution in [2.24, 2.45) is 0 Å². The van der Waals surface area contributed by atoms with Gasteiger partial charge in [0.1, 0.15) is 6.10 Å². The Labute approximate surface area is 319 Å². The predicted octanol–water partition coefficient (Wildman–Crippen LogP) is 15.1. The molecular formula is C47H90O4. The van der Waals surface area contributed by atoms with Crippen molar-refractivity contribution in [3.05, 3.63) is 24.3 Å². The highest BCUT2D eigenvalue weighted by Crippen LogP contribution is 2.16. The Kier molecular flexibility index (Phi) is 44.0. The highest BCUT2D eigenvalue weighted by Gasteiger charge is 2.13. The van der Waals surface area contributed by atoms with E-state index in [1.807, 2.05) is 0 Å². The molecule has 0 aromatic rings. The molecule has 1 N–H and O–H groups in total. The van der Waals surface area contributed by atoms with Crippen LogP contribution in [0.4, 0.5) is 0 Å². The van der Waals surface area contributed by atoms with E-state index >= 15 is 0 Å². The lowest BCUT2D eigenvalue weighted by Gasteiger charge is -2.15. The molecule has 0 fully saturated rings. The summed E-state index contributed by atoms with van der Waals surface area (Å²) in [5.41, 5.74) is 0. The average molecular weight is 719 g/mol. The maximum absolute atomic E-state index is 12.2. The summed E-state index contributed by atoms with van der Waals surface area (Å²) in [6.07, 6.45) is 55.3. The molecule has 0 aromatic carbocycles. The first-order chi connectivity index (χ1) is 25.2. The van der Waals surface area contributed by atoms with Crippen LogP contribution in [0.5, 0.6) is 0 Å². The van der Waals surface area contributed by atoms with Crippen LogP contribution in [0.15, 0.2) is 24.3 Å². The molecule has 0 aliphatic rings. The van der Waals surface area contributed by atoms with Gasteiger partial charge in [-0.25, -0.2) is 0 Å². The molecule has 4 heteroatoms. The number of ether oxygens (including phenoxy) is 2. The van der Waals surface area contributed by atoms with E-state index in [0.717, 1.165) is 25.7 Å². The van der Waals surface area contributed by atoms with Crippen LogP contribution in [0.25, 0.3) is 0 Å².